The average Bonchev–Trinajstić information content (AvgIpc) is 2.52. The van der Waals surface area contributed by atoms with E-state index < -0.39 is 12.6 Å². The third-order valence-electron chi connectivity index (χ3n) is 4.52. The molecule has 0 aliphatic heterocycles. The van der Waals surface area contributed by atoms with Crippen LogP contribution in [0.4, 0.5) is 13.2 Å². The molecular weight excluding hydrogens is 311 g/mol. The topological polar surface area (TPSA) is 12.0 Å². The van der Waals surface area contributed by atoms with Gasteiger partial charge in [0.1, 0.15) is 0 Å². The molecule has 0 aliphatic carbocycles. The van der Waals surface area contributed by atoms with Crippen LogP contribution in [0.3, 0.4) is 0 Å². The van der Waals surface area contributed by atoms with Crippen molar-refractivity contribution in [1.82, 2.24) is 5.32 Å². The zero-order valence-electron chi connectivity index (χ0n) is 15.9. The highest BCUT2D eigenvalue weighted by Crippen LogP contribution is 2.23. The molecular formula is C20H40F3N. The van der Waals surface area contributed by atoms with Crippen LogP contribution < -0.4 is 5.32 Å². The average molecular weight is 352 g/mol. The van der Waals surface area contributed by atoms with Crippen LogP contribution in [-0.4, -0.2) is 19.3 Å². The number of halogens is 3. The lowest BCUT2D eigenvalue weighted by atomic mass is 10.0. The molecule has 24 heavy (non-hydrogen) atoms. The second-order valence-corrected chi connectivity index (χ2v) is 7.06. The summed E-state index contributed by atoms with van der Waals surface area (Å²) in [7, 11) is 0. The Morgan fingerprint density at radius 2 is 0.917 bits per heavy atom. The molecule has 0 radical (unpaired) electrons. The number of rotatable bonds is 18. The molecule has 0 aromatic rings. The van der Waals surface area contributed by atoms with E-state index >= 15 is 0 Å². The summed E-state index contributed by atoms with van der Waals surface area (Å²) in [4.78, 5) is 0. The maximum absolute atomic E-state index is 12.0. The van der Waals surface area contributed by atoms with Gasteiger partial charge in [-0.05, 0) is 32.4 Å². The summed E-state index contributed by atoms with van der Waals surface area (Å²) >= 11 is 0. The van der Waals surface area contributed by atoms with Crippen molar-refractivity contribution in [1.29, 1.82) is 0 Å². The summed E-state index contributed by atoms with van der Waals surface area (Å²) in [5.41, 5.74) is 0. The van der Waals surface area contributed by atoms with Crippen molar-refractivity contribution in [3.8, 4) is 0 Å². The van der Waals surface area contributed by atoms with Gasteiger partial charge in [-0.15, -0.1) is 0 Å². The summed E-state index contributed by atoms with van der Waals surface area (Å²) in [6.07, 6.45) is 12.8. The number of alkyl halides is 3. The smallest absolute Gasteiger partial charge is 0.317 e. The lowest BCUT2D eigenvalue weighted by molar-refractivity contribution is -0.135. The fourth-order valence-electron chi connectivity index (χ4n) is 2.95. The van der Waals surface area contributed by atoms with Gasteiger partial charge in [-0.1, -0.05) is 84.0 Å². The Kier molecular flexibility index (Phi) is 17.4. The molecule has 0 aliphatic rings. The van der Waals surface area contributed by atoms with Crippen LogP contribution in [0.1, 0.15) is 110 Å². The Bertz CT molecular complexity index is 242. The number of unbranched alkanes of at least 4 members (excludes halogenated alkanes) is 13. The lowest BCUT2D eigenvalue weighted by Crippen LogP contribution is -2.16. The molecule has 0 saturated heterocycles. The van der Waals surface area contributed by atoms with Gasteiger partial charge >= 0.3 is 6.18 Å². The van der Waals surface area contributed by atoms with Gasteiger partial charge in [0.05, 0.1) is 0 Å². The van der Waals surface area contributed by atoms with Crippen molar-refractivity contribution >= 4 is 0 Å². The molecule has 1 nitrogen and oxygen atoms in total. The van der Waals surface area contributed by atoms with Crippen molar-refractivity contribution in [2.45, 2.75) is 116 Å². The molecule has 0 aromatic carbocycles. The largest absolute Gasteiger partial charge is 0.389 e. The van der Waals surface area contributed by atoms with Crippen LogP contribution in [-0.2, 0) is 0 Å². The van der Waals surface area contributed by atoms with Crippen LogP contribution >= 0.6 is 0 Å². The fraction of sp³-hybridized carbons (Fsp3) is 1.00. The predicted octanol–water partition coefficient (Wildman–Crippen LogP) is 7.40. The third-order valence-corrected chi connectivity index (χ3v) is 4.52. The van der Waals surface area contributed by atoms with E-state index in [1.807, 2.05) is 0 Å². The van der Waals surface area contributed by atoms with E-state index in [4.69, 9.17) is 0 Å². The minimum Gasteiger partial charge on any atom is -0.317 e. The monoisotopic (exact) mass is 351 g/mol. The summed E-state index contributed by atoms with van der Waals surface area (Å²) in [5.74, 6) is 0. The first kappa shape index (κ1) is 23.8. The fourth-order valence-corrected chi connectivity index (χ4v) is 2.95. The van der Waals surface area contributed by atoms with Crippen molar-refractivity contribution in [3.05, 3.63) is 0 Å². The minimum atomic E-state index is -3.97. The number of hydrogen-bond acceptors (Lipinski definition) is 1. The lowest BCUT2D eigenvalue weighted by Gasteiger charge is -2.06. The normalized spacial score (nSPS) is 12.0. The first-order chi connectivity index (χ1) is 11.6. The van der Waals surface area contributed by atoms with Gasteiger partial charge in [0, 0.05) is 6.42 Å². The Labute approximate surface area is 148 Å². The van der Waals surface area contributed by atoms with E-state index in [9.17, 15) is 13.2 Å². The van der Waals surface area contributed by atoms with Gasteiger partial charge < -0.3 is 5.32 Å². The Morgan fingerprint density at radius 1 is 0.542 bits per heavy atom. The van der Waals surface area contributed by atoms with Gasteiger partial charge in [0.2, 0.25) is 0 Å². The number of nitrogens with one attached hydrogen (secondary N) is 1. The van der Waals surface area contributed by atoms with Gasteiger partial charge in [-0.3, -0.25) is 0 Å². The van der Waals surface area contributed by atoms with Crippen LogP contribution in [0.15, 0.2) is 0 Å². The highest BCUT2D eigenvalue weighted by molar-refractivity contribution is 4.53. The first-order valence-corrected chi connectivity index (χ1v) is 10.3. The minimum absolute atomic E-state index is 0.303. The maximum Gasteiger partial charge on any atom is 0.389 e. The Hall–Kier alpha value is -0.250. The standard InChI is InChI=1S/C20H40F3N/c1-2-3-18-24-19-16-14-12-10-8-6-4-5-7-9-11-13-15-17-20(21,22)23/h24H,2-19H2,1H3. The molecule has 0 unspecified atom stereocenters. The summed E-state index contributed by atoms with van der Waals surface area (Å²) in [6.45, 7) is 4.56. The molecule has 146 valence electrons. The molecule has 0 spiro atoms. The van der Waals surface area contributed by atoms with Crippen molar-refractivity contribution in [2.24, 2.45) is 0 Å². The van der Waals surface area contributed by atoms with Gasteiger partial charge in [0.15, 0.2) is 0 Å². The maximum atomic E-state index is 12.0. The third kappa shape index (κ3) is 21.8. The highest BCUT2D eigenvalue weighted by Gasteiger charge is 2.25. The van der Waals surface area contributed by atoms with E-state index in [-0.39, 0.29) is 0 Å². The molecule has 0 heterocycles. The van der Waals surface area contributed by atoms with Crippen LogP contribution in [0.5, 0.6) is 0 Å². The van der Waals surface area contributed by atoms with Gasteiger partial charge in [-0.2, -0.15) is 13.2 Å². The number of hydrogen-bond donors (Lipinski definition) is 1. The molecule has 1 N–H and O–H groups in total. The summed E-state index contributed by atoms with van der Waals surface area (Å²) in [5, 5.41) is 3.48. The predicted molar refractivity (Wildman–Crippen MR) is 98.5 cm³/mol. The Morgan fingerprint density at radius 3 is 1.33 bits per heavy atom. The van der Waals surface area contributed by atoms with E-state index in [1.54, 1.807) is 0 Å². The van der Waals surface area contributed by atoms with E-state index in [2.05, 4.69) is 12.2 Å². The molecule has 0 rings (SSSR count). The second-order valence-electron chi connectivity index (χ2n) is 7.06. The molecule has 0 aromatic heterocycles. The van der Waals surface area contributed by atoms with Crippen LogP contribution in [0, 0.1) is 0 Å². The Balaban J connectivity index is 3.00. The van der Waals surface area contributed by atoms with Crippen LogP contribution in [0.2, 0.25) is 0 Å². The van der Waals surface area contributed by atoms with Crippen molar-refractivity contribution < 1.29 is 13.2 Å². The van der Waals surface area contributed by atoms with Gasteiger partial charge in [-0.25, -0.2) is 0 Å². The second kappa shape index (κ2) is 17.6. The van der Waals surface area contributed by atoms with Crippen LogP contribution in [0.25, 0.3) is 0 Å². The van der Waals surface area contributed by atoms with E-state index in [0.29, 0.717) is 6.42 Å². The van der Waals surface area contributed by atoms with E-state index in [0.717, 1.165) is 19.3 Å². The molecule has 4 heteroatoms. The molecule has 0 amide bonds. The van der Waals surface area contributed by atoms with E-state index in [1.165, 1.54) is 83.7 Å². The summed E-state index contributed by atoms with van der Waals surface area (Å²) < 4.78 is 35.9. The zero-order chi connectivity index (χ0) is 17.9. The van der Waals surface area contributed by atoms with Gasteiger partial charge in [0.25, 0.3) is 0 Å². The highest BCUT2D eigenvalue weighted by atomic mass is 19.4. The zero-order valence-corrected chi connectivity index (χ0v) is 15.9. The molecule has 0 atom stereocenters. The molecule has 0 bridgehead atoms. The SMILES string of the molecule is CCCCNCCCCCCCCCCCCCCCC(F)(F)F. The van der Waals surface area contributed by atoms with Crippen molar-refractivity contribution in [2.75, 3.05) is 13.1 Å². The quantitative estimate of drug-likeness (QED) is 0.254. The summed E-state index contributed by atoms with van der Waals surface area (Å²) in [6, 6.07) is 0. The van der Waals surface area contributed by atoms with Crippen molar-refractivity contribution in [3.63, 3.8) is 0 Å². The first-order valence-electron chi connectivity index (χ1n) is 10.3. The molecule has 0 fully saturated rings. The molecule has 0 saturated carbocycles.